The molecule has 1 aromatic rings. The van der Waals surface area contributed by atoms with Crippen LogP contribution in [0.15, 0.2) is 18.2 Å². The van der Waals surface area contributed by atoms with E-state index in [2.05, 4.69) is 12.2 Å². The molecule has 0 saturated carbocycles. The first kappa shape index (κ1) is 17.3. The normalized spacial score (nSPS) is 10.4. The van der Waals surface area contributed by atoms with Gasteiger partial charge in [-0.15, -0.1) is 0 Å². The largest absolute Gasteiger partial charge is 0.462 e. The number of unbranched alkanes of at least 4 members (excludes halogenated alkanes) is 5. The SMILES string of the molecule is CCCCCCCCNc1cccc(C(=O)OCC)c1N. The van der Waals surface area contributed by atoms with Gasteiger partial charge in [-0.1, -0.05) is 45.1 Å². The first-order chi connectivity index (χ1) is 10.2. The van der Waals surface area contributed by atoms with Crippen LogP contribution in [0.2, 0.25) is 0 Å². The molecule has 0 aliphatic rings. The molecule has 0 aliphatic carbocycles. The van der Waals surface area contributed by atoms with Crippen LogP contribution < -0.4 is 11.1 Å². The molecule has 0 saturated heterocycles. The van der Waals surface area contributed by atoms with E-state index in [1.807, 2.05) is 12.1 Å². The molecule has 0 bridgehead atoms. The lowest BCUT2D eigenvalue weighted by Crippen LogP contribution is -2.11. The molecule has 3 N–H and O–H groups in total. The van der Waals surface area contributed by atoms with Crippen LogP contribution in [0.5, 0.6) is 0 Å². The maximum Gasteiger partial charge on any atom is 0.340 e. The standard InChI is InChI=1S/C17H28N2O2/c1-3-5-6-7-8-9-13-19-15-12-10-11-14(16(15)18)17(20)21-4-2/h10-12,19H,3-9,13,18H2,1-2H3. The number of carbonyl (C=O) groups excluding carboxylic acids is 1. The Kier molecular flexibility index (Phi) is 8.32. The summed E-state index contributed by atoms with van der Waals surface area (Å²) in [7, 11) is 0. The zero-order chi connectivity index (χ0) is 15.5. The minimum Gasteiger partial charge on any atom is -0.462 e. The van der Waals surface area contributed by atoms with Crippen LogP contribution in [0.3, 0.4) is 0 Å². The Morgan fingerprint density at radius 3 is 2.57 bits per heavy atom. The van der Waals surface area contributed by atoms with Crippen molar-refractivity contribution in [3.05, 3.63) is 23.8 Å². The van der Waals surface area contributed by atoms with Crippen molar-refractivity contribution >= 4 is 17.3 Å². The molecule has 0 unspecified atom stereocenters. The zero-order valence-electron chi connectivity index (χ0n) is 13.3. The molecular weight excluding hydrogens is 264 g/mol. The van der Waals surface area contributed by atoms with Crippen LogP contribution in [0, 0.1) is 0 Å². The number of carbonyl (C=O) groups is 1. The van der Waals surface area contributed by atoms with Gasteiger partial charge in [-0.3, -0.25) is 0 Å². The summed E-state index contributed by atoms with van der Waals surface area (Å²) >= 11 is 0. The maximum absolute atomic E-state index is 11.8. The van der Waals surface area contributed by atoms with Gasteiger partial charge in [-0.05, 0) is 25.5 Å². The van der Waals surface area contributed by atoms with Crippen LogP contribution in [0.1, 0.15) is 62.7 Å². The van der Waals surface area contributed by atoms with Crippen LogP contribution >= 0.6 is 0 Å². The third kappa shape index (κ3) is 6.06. The fraction of sp³-hybridized carbons (Fsp3) is 0.588. The van der Waals surface area contributed by atoms with Gasteiger partial charge in [-0.25, -0.2) is 4.79 Å². The minimum absolute atomic E-state index is 0.355. The predicted molar refractivity (Wildman–Crippen MR) is 88.7 cm³/mol. The van der Waals surface area contributed by atoms with E-state index in [1.54, 1.807) is 13.0 Å². The number of anilines is 2. The van der Waals surface area contributed by atoms with Crippen molar-refractivity contribution in [3.8, 4) is 0 Å². The molecule has 0 aliphatic heterocycles. The van der Waals surface area contributed by atoms with E-state index in [4.69, 9.17) is 10.5 Å². The predicted octanol–water partition coefficient (Wildman–Crippen LogP) is 4.22. The summed E-state index contributed by atoms with van der Waals surface area (Å²) in [6.45, 7) is 5.24. The van der Waals surface area contributed by atoms with Crippen molar-refractivity contribution in [2.75, 3.05) is 24.2 Å². The van der Waals surface area contributed by atoms with Gasteiger partial charge in [0.25, 0.3) is 0 Å². The van der Waals surface area contributed by atoms with Gasteiger partial charge in [0.05, 0.1) is 23.5 Å². The molecule has 1 rings (SSSR count). The quantitative estimate of drug-likeness (QED) is 0.385. The Morgan fingerprint density at radius 1 is 1.14 bits per heavy atom. The zero-order valence-corrected chi connectivity index (χ0v) is 13.3. The fourth-order valence-electron chi connectivity index (χ4n) is 2.23. The molecule has 1 aromatic carbocycles. The monoisotopic (exact) mass is 292 g/mol. The molecule has 0 fully saturated rings. The van der Waals surface area contributed by atoms with Gasteiger partial charge < -0.3 is 15.8 Å². The molecular formula is C17H28N2O2. The Morgan fingerprint density at radius 2 is 1.86 bits per heavy atom. The highest BCUT2D eigenvalue weighted by Gasteiger charge is 2.12. The number of rotatable bonds is 10. The lowest BCUT2D eigenvalue weighted by atomic mass is 10.1. The van der Waals surface area contributed by atoms with Gasteiger partial charge in [0.1, 0.15) is 0 Å². The number of esters is 1. The average Bonchev–Trinajstić information content (AvgIpc) is 2.48. The first-order valence-corrected chi connectivity index (χ1v) is 8.00. The lowest BCUT2D eigenvalue weighted by Gasteiger charge is -2.12. The number of nitrogen functional groups attached to an aromatic ring is 1. The summed E-state index contributed by atoms with van der Waals surface area (Å²) in [5.74, 6) is -0.363. The van der Waals surface area contributed by atoms with Crippen molar-refractivity contribution in [1.82, 2.24) is 0 Å². The molecule has 118 valence electrons. The van der Waals surface area contributed by atoms with E-state index < -0.39 is 0 Å². The molecule has 0 heterocycles. The summed E-state index contributed by atoms with van der Waals surface area (Å²) in [6, 6.07) is 5.42. The number of hydrogen-bond donors (Lipinski definition) is 2. The molecule has 0 spiro atoms. The summed E-state index contributed by atoms with van der Waals surface area (Å²) in [4.78, 5) is 11.8. The van der Waals surface area contributed by atoms with Gasteiger partial charge in [0.15, 0.2) is 0 Å². The minimum atomic E-state index is -0.363. The second-order valence-corrected chi connectivity index (χ2v) is 5.18. The Balaban J connectivity index is 2.41. The van der Waals surface area contributed by atoms with E-state index in [9.17, 15) is 4.79 Å². The third-order valence-electron chi connectivity index (χ3n) is 3.45. The van der Waals surface area contributed by atoms with Crippen LogP contribution in [0.25, 0.3) is 0 Å². The second-order valence-electron chi connectivity index (χ2n) is 5.18. The summed E-state index contributed by atoms with van der Waals surface area (Å²) < 4.78 is 5.00. The highest BCUT2D eigenvalue weighted by Crippen LogP contribution is 2.23. The van der Waals surface area contributed by atoms with Gasteiger partial charge in [-0.2, -0.15) is 0 Å². The number of benzene rings is 1. The maximum atomic E-state index is 11.8. The molecule has 0 amide bonds. The van der Waals surface area contributed by atoms with Crippen molar-refractivity contribution in [3.63, 3.8) is 0 Å². The highest BCUT2D eigenvalue weighted by molar-refractivity contribution is 5.98. The number of para-hydroxylation sites is 1. The number of hydrogen-bond acceptors (Lipinski definition) is 4. The lowest BCUT2D eigenvalue weighted by molar-refractivity contribution is 0.0527. The molecule has 0 radical (unpaired) electrons. The third-order valence-corrected chi connectivity index (χ3v) is 3.45. The Hall–Kier alpha value is -1.71. The average molecular weight is 292 g/mol. The highest BCUT2D eigenvalue weighted by atomic mass is 16.5. The van der Waals surface area contributed by atoms with Crippen LogP contribution in [0.4, 0.5) is 11.4 Å². The van der Waals surface area contributed by atoms with E-state index >= 15 is 0 Å². The molecule has 0 aromatic heterocycles. The number of nitrogens with two attached hydrogens (primary N) is 1. The topological polar surface area (TPSA) is 64.3 Å². The van der Waals surface area contributed by atoms with Crippen molar-refractivity contribution in [2.24, 2.45) is 0 Å². The summed E-state index contributed by atoms with van der Waals surface area (Å²) in [5, 5.41) is 3.31. The molecule has 0 atom stereocenters. The van der Waals surface area contributed by atoms with Crippen LogP contribution in [-0.4, -0.2) is 19.1 Å². The Bertz CT molecular complexity index is 433. The number of nitrogens with one attached hydrogen (secondary N) is 1. The van der Waals surface area contributed by atoms with Crippen LogP contribution in [-0.2, 0) is 4.74 Å². The Labute approximate surface area is 128 Å². The molecule has 4 nitrogen and oxygen atoms in total. The smallest absolute Gasteiger partial charge is 0.340 e. The fourth-order valence-corrected chi connectivity index (χ4v) is 2.23. The van der Waals surface area contributed by atoms with E-state index in [-0.39, 0.29) is 5.97 Å². The molecule has 4 heteroatoms. The second kappa shape index (κ2) is 10.1. The van der Waals surface area contributed by atoms with Gasteiger partial charge in [0, 0.05) is 6.54 Å². The van der Waals surface area contributed by atoms with Gasteiger partial charge >= 0.3 is 5.97 Å². The summed E-state index contributed by atoms with van der Waals surface area (Å²) in [5.41, 5.74) is 7.75. The first-order valence-electron chi connectivity index (χ1n) is 8.00. The summed E-state index contributed by atoms with van der Waals surface area (Å²) in [6.07, 6.45) is 7.54. The van der Waals surface area contributed by atoms with Gasteiger partial charge in [0.2, 0.25) is 0 Å². The van der Waals surface area contributed by atoms with E-state index in [1.165, 1.54) is 32.1 Å². The van der Waals surface area contributed by atoms with E-state index in [0.717, 1.165) is 18.7 Å². The molecule has 21 heavy (non-hydrogen) atoms. The van der Waals surface area contributed by atoms with Crippen molar-refractivity contribution < 1.29 is 9.53 Å². The van der Waals surface area contributed by atoms with Crippen molar-refractivity contribution in [2.45, 2.75) is 52.4 Å². The number of ether oxygens (including phenoxy) is 1. The van der Waals surface area contributed by atoms with Crippen molar-refractivity contribution in [1.29, 1.82) is 0 Å². The van der Waals surface area contributed by atoms with E-state index in [0.29, 0.717) is 17.9 Å².